The van der Waals surface area contributed by atoms with Crippen molar-refractivity contribution in [3.8, 4) is 0 Å². The largest absolute Gasteiger partial charge is 0.469 e. The Morgan fingerprint density at radius 3 is 2.62 bits per heavy atom. The van der Waals surface area contributed by atoms with Gasteiger partial charge in [-0.2, -0.15) is 11.8 Å². The van der Waals surface area contributed by atoms with Gasteiger partial charge in [-0.05, 0) is 31.8 Å². The third-order valence-electron chi connectivity index (χ3n) is 6.03. The summed E-state index contributed by atoms with van der Waals surface area (Å²) in [4.78, 5) is 97.9. The lowest BCUT2D eigenvalue weighted by molar-refractivity contribution is -0.147. The predicted molar refractivity (Wildman–Crippen MR) is 145 cm³/mol. The van der Waals surface area contributed by atoms with E-state index in [1.807, 2.05) is 6.26 Å². The fourth-order valence-electron chi connectivity index (χ4n) is 3.86. The summed E-state index contributed by atoms with van der Waals surface area (Å²) in [6.07, 6.45) is -0.168. The molecule has 5 atom stereocenters. The molecule has 3 amide bonds. The van der Waals surface area contributed by atoms with Crippen LogP contribution in [0.25, 0.3) is 0 Å². The molecule has 0 spiro atoms. The second-order valence-corrected chi connectivity index (χ2v) is 11.3. The lowest BCUT2D eigenvalue weighted by atomic mass is 10.1. The number of esters is 1. The van der Waals surface area contributed by atoms with Gasteiger partial charge in [0.2, 0.25) is 18.2 Å². The first kappa shape index (κ1) is 35.1. The number of hydrogen-bond acceptors (Lipinski definition) is 12. The van der Waals surface area contributed by atoms with Crippen molar-refractivity contribution in [2.45, 2.75) is 63.1 Å². The molecule has 1 saturated heterocycles. The quantitative estimate of drug-likeness (QED) is 0.0465. The van der Waals surface area contributed by atoms with E-state index in [2.05, 4.69) is 25.6 Å². The van der Waals surface area contributed by atoms with Gasteiger partial charge in [0.1, 0.15) is 30.5 Å². The highest BCUT2D eigenvalue weighted by Gasteiger charge is 2.40. The van der Waals surface area contributed by atoms with Crippen LogP contribution in [0.1, 0.15) is 37.5 Å². The Kier molecular flexibility index (Phi) is 13.8. The maximum Gasteiger partial charge on any atom is 0.469 e. The Balaban J connectivity index is 2.04. The number of aryl methyl sites for hydroxylation is 1. The van der Waals surface area contributed by atoms with Gasteiger partial charge in [-0.15, -0.1) is 0 Å². The molecule has 0 saturated carbocycles. The number of hydrogen-bond donors (Lipinski definition) is 6. The molecule has 20 heteroatoms. The molecule has 1 aliphatic rings. The van der Waals surface area contributed by atoms with Crippen molar-refractivity contribution in [3.63, 3.8) is 0 Å². The van der Waals surface area contributed by atoms with Crippen LogP contribution < -0.4 is 27.4 Å². The molecule has 6 N–H and O–H groups in total. The summed E-state index contributed by atoms with van der Waals surface area (Å²) < 4.78 is 27.1. The Labute approximate surface area is 243 Å². The number of amides is 3. The number of phosphoric ester groups is 1. The Bertz CT molecular complexity index is 1270. The summed E-state index contributed by atoms with van der Waals surface area (Å²) in [7, 11) is -3.80. The zero-order valence-corrected chi connectivity index (χ0v) is 24.7. The number of rotatable bonds is 17. The number of aromatic nitrogens is 2. The molecule has 2 heterocycles. The van der Waals surface area contributed by atoms with Gasteiger partial charge in [0.05, 0.1) is 13.7 Å². The van der Waals surface area contributed by atoms with E-state index >= 15 is 0 Å². The number of nitrogens with zero attached hydrogens (tertiary/aromatic N) is 1. The van der Waals surface area contributed by atoms with Crippen molar-refractivity contribution in [2.75, 3.05) is 25.7 Å². The molecule has 0 radical (unpaired) electrons. The van der Waals surface area contributed by atoms with E-state index in [0.717, 1.165) is 11.7 Å². The van der Waals surface area contributed by atoms with Gasteiger partial charge in [0, 0.05) is 24.6 Å². The highest BCUT2D eigenvalue weighted by molar-refractivity contribution is 7.98. The van der Waals surface area contributed by atoms with E-state index < -0.39 is 74.0 Å². The number of methoxy groups -OCH3 is 1. The van der Waals surface area contributed by atoms with Crippen LogP contribution in [-0.2, 0) is 42.6 Å². The maximum absolute atomic E-state index is 12.6. The van der Waals surface area contributed by atoms with Gasteiger partial charge in [0.25, 0.3) is 5.56 Å². The van der Waals surface area contributed by atoms with Crippen molar-refractivity contribution in [2.24, 2.45) is 0 Å². The Morgan fingerprint density at radius 1 is 1.29 bits per heavy atom. The van der Waals surface area contributed by atoms with E-state index in [1.165, 1.54) is 24.9 Å². The van der Waals surface area contributed by atoms with Crippen molar-refractivity contribution in [1.82, 2.24) is 25.7 Å². The summed E-state index contributed by atoms with van der Waals surface area (Å²) in [6.45, 7) is 0.793. The molecule has 42 heavy (non-hydrogen) atoms. The summed E-state index contributed by atoms with van der Waals surface area (Å²) in [5.41, 5.74) is 0.948. The van der Waals surface area contributed by atoms with Gasteiger partial charge >= 0.3 is 19.5 Å². The second-order valence-electron chi connectivity index (χ2n) is 9.05. The third-order valence-corrected chi connectivity index (χ3v) is 7.16. The van der Waals surface area contributed by atoms with E-state index in [9.17, 15) is 33.3 Å². The molecule has 18 nitrogen and oxygen atoms in total. The molecule has 0 aliphatic carbocycles. The number of ether oxygens (including phenoxy) is 2. The Hall–Kier alpha value is -3.06. The summed E-state index contributed by atoms with van der Waals surface area (Å²) in [5.74, 6) is -1.64. The van der Waals surface area contributed by atoms with Crippen LogP contribution in [-0.4, -0.2) is 93.5 Å². The molecular weight excluding hydrogens is 605 g/mol. The molecule has 1 aromatic rings. The predicted octanol–water partition coefficient (Wildman–Crippen LogP) is -2.04. The molecule has 1 aromatic heterocycles. The van der Waals surface area contributed by atoms with Crippen LogP contribution in [0.5, 0.6) is 0 Å². The molecule has 2 rings (SSSR count). The maximum atomic E-state index is 12.6. The molecule has 0 bridgehead atoms. The molecule has 1 aliphatic heterocycles. The lowest BCUT2D eigenvalue weighted by Crippen LogP contribution is -2.50. The Morgan fingerprint density at radius 2 is 2.00 bits per heavy atom. The highest BCUT2D eigenvalue weighted by atomic mass is 32.2. The summed E-state index contributed by atoms with van der Waals surface area (Å²) in [6, 6.07) is -2.13. The molecule has 236 valence electrons. The molecule has 0 aromatic carbocycles. The van der Waals surface area contributed by atoms with E-state index in [0.29, 0.717) is 18.6 Å². The second kappa shape index (κ2) is 16.5. The zero-order chi connectivity index (χ0) is 31.4. The van der Waals surface area contributed by atoms with Crippen molar-refractivity contribution in [3.05, 3.63) is 32.6 Å². The fourth-order valence-corrected chi connectivity index (χ4v) is 4.67. The smallest absolute Gasteiger partial charge is 0.467 e. The highest BCUT2D eigenvalue weighted by Crippen LogP contribution is 2.38. The minimum absolute atomic E-state index is 0.0944. The van der Waals surface area contributed by atoms with Crippen LogP contribution in [0.4, 0.5) is 0 Å². The minimum Gasteiger partial charge on any atom is -0.467 e. The minimum atomic E-state index is -4.90. The number of carbonyl (C=O) groups is 4. The SMILES string of the molecule is COC(=O)[C@H](CCC(=O)NO[C@H]1C[C@H](n2cc(C)c(=O)[nH]c2=O)O[C@@H]1COP(=O)(O)O)NC(=O)[C@H](CCSC)NC=O. The first-order chi connectivity index (χ1) is 19.8. The van der Waals surface area contributed by atoms with Crippen LogP contribution in [0.2, 0.25) is 0 Å². The number of thioether (sulfide) groups is 1. The first-order valence-corrected chi connectivity index (χ1v) is 15.4. The number of hydroxylamine groups is 1. The zero-order valence-electron chi connectivity index (χ0n) is 23.0. The summed E-state index contributed by atoms with van der Waals surface area (Å²) in [5, 5.41) is 4.83. The van der Waals surface area contributed by atoms with Crippen LogP contribution in [0, 0.1) is 6.92 Å². The van der Waals surface area contributed by atoms with Gasteiger partial charge in [-0.1, -0.05) is 0 Å². The number of phosphoric acid groups is 1. The number of nitrogens with one attached hydrogen (secondary N) is 4. The lowest BCUT2D eigenvalue weighted by Gasteiger charge is -2.21. The molecule has 1 fully saturated rings. The first-order valence-electron chi connectivity index (χ1n) is 12.5. The normalized spacial score (nSPS) is 19.9. The summed E-state index contributed by atoms with van der Waals surface area (Å²) >= 11 is 1.46. The van der Waals surface area contributed by atoms with Gasteiger partial charge in [-0.25, -0.2) is 19.6 Å². The van der Waals surface area contributed by atoms with Crippen molar-refractivity contribution in [1.29, 1.82) is 0 Å². The van der Waals surface area contributed by atoms with E-state index in [1.54, 1.807) is 0 Å². The van der Waals surface area contributed by atoms with E-state index in [-0.39, 0.29) is 24.8 Å². The van der Waals surface area contributed by atoms with Crippen molar-refractivity contribution >= 4 is 43.8 Å². The number of carbonyl (C=O) groups excluding carboxylic acids is 4. The van der Waals surface area contributed by atoms with Crippen LogP contribution >= 0.6 is 19.6 Å². The molecular formula is C22H34N5O13PS. The van der Waals surface area contributed by atoms with Gasteiger partial charge < -0.3 is 29.9 Å². The third kappa shape index (κ3) is 11.0. The number of aromatic amines is 1. The van der Waals surface area contributed by atoms with Gasteiger partial charge in [0.15, 0.2) is 0 Å². The average Bonchev–Trinajstić information content (AvgIpc) is 3.34. The standard InChI is InChI=1S/C22H34N5O13PS/c1-12-9-27(22(33)25-19(12)30)18-8-15(16(39-18)10-38-41(34,35)36)40-26-17(29)5-4-14(21(32)37-2)24-20(31)13(23-11-28)6-7-42-3/h9,11,13-16,18H,4-8,10H2,1-3H3,(H,23,28)(H,24,31)(H,26,29)(H,25,30,33)(H2,34,35,36)/t13-,14-,15-,16+,18+/m0/s1. The fraction of sp³-hybridized carbons (Fsp3) is 0.636. The number of H-pyrrole nitrogens is 1. The van der Waals surface area contributed by atoms with Crippen LogP contribution in [0.3, 0.4) is 0 Å². The molecule has 0 unspecified atom stereocenters. The van der Waals surface area contributed by atoms with Gasteiger partial charge in [-0.3, -0.25) is 38.1 Å². The average molecular weight is 640 g/mol. The van der Waals surface area contributed by atoms with Crippen molar-refractivity contribution < 1.29 is 52.4 Å². The monoisotopic (exact) mass is 639 g/mol. The topological polar surface area (TPSA) is 254 Å². The van der Waals surface area contributed by atoms with E-state index in [4.69, 9.17) is 24.1 Å². The van der Waals surface area contributed by atoms with Crippen LogP contribution in [0.15, 0.2) is 15.8 Å².